The fraction of sp³-hybridized carbons (Fsp3) is 0.625. The molecule has 2 heteroatoms. The van der Waals surface area contributed by atoms with Gasteiger partial charge >= 0.3 is 0 Å². The van der Waals surface area contributed by atoms with Gasteiger partial charge in [-0.25, -0.2) is 0 Å². The molecule has 1 rings (SSSR count). The topological polar surface area (TPSA) is 35.2 Å². The summed E-state index contributed by atoms with van der Waals surface area (Å²) >= 11 is 0. The zero-order valence-corrected chi connectivity index (χ0v) is 12.4. The van der Waals surface area contributed by atoms with Crippen molar-refractivity contribution in [1.29, 1.82) is 0 Å². The third kappa shape index (κ3) is 3.49. The standard InChI is InChI=1S/C16H27NO/c1-6-18-16-10-12(3)15(9-13(16)4)14(5)11(2)7-8-17/h9-11,14H,6-8,17H2,1-5H3. The predicted molar refractivity (Wildman–Crippen MR) is 78.3 cm³/mol. The third-order valence-corrected chi connectivity index (χ3v) is 3.83. The van der Waals surface area contributed by atoms with Crippen molar-refractivity contribution >= 4 is 0 Å². The molecule has 2 N–H and O–H groups in total. The number of ether oxygens (including phenoxy) is 1. The van der Waals surface area contributed by atoms with Crippen LogP contribution >= 0.6 is 0 Å². The Kier molecular flexibility index (Phi) is 5.67. The van der Waals surface area contributed by atoms with E-state index >= 15 is 0 Å². The largest absolute Gasteiger partial charge is 0.494 e. The van der Waals surface area contributed by atoms with Gasteiger partial charge in [-0.3, -0.25) is 0 Å². The van der Waals surface area contributed by atoms with E-state index in [9.17, 15) is 0 Å². The Balaban J connectivity index is 2.99. The molecule has 0 aliphatic carbocycles. The summed E-state index contributed by atoms with van der Waals surface area (Å²) in [5.74, 6) is 2.17. The second-order valence-corrected chi connectivity index (χ2v) is 5.25. The first kappa shape index (κ1) is 15.0. The van der Waals surface area contributed by atoms with E-state index in [0.29, 0.717) is 11.8 Å². The second kappa shape index (κ2) is 6.79. The molecular weight excluding hydrogens is 222 g/mol. The zero-order valence-electron chi connectivity index (χ0n) is 12.4. The summed E-state index contributed by atoms with van der Waals surface area (Å²) < 4.78 is 5.64. The van der Waals surface area contributed by atoms with Crippen LogP contribution in [0.2, 0.25) is 0 Å². The molecule has 0 spiro atoms. The maximum absolute atomic E-state index is 5.66. The van der Waals surface area contributed by atoms with Gasteiger partial charge in [-0.15, -0.1) is 0 Å². The van der Waals surface area contributed by atoms with E-state index in [4.69, 9.17) is 10.5 Å². The maximum Gasteiger partial charge on any atom is 0.122 e. The first-order valence-electron chi connectivity index (χ1n) is 6.95. The van der Waals surface area contributed by atoms with E-state index in [1.807, 2.05) is 6.92 Å². The smallest absolute Gasteiger partial charge is 0.122 e. The fourth-order valence-electron chi connectivity index (χ4n) is 2.43. The average molecular weight is 249 g/mol. The van der Waals surface area contributed by atoms with Crippen LogP contribution < -0.4 is 10.5 Å². The number of hydrogen-bond acceptors (Lipinski definition) is 2. The highest BCUT2D eigenvalue weighted by molar-refractivity contribution is 5.43. The van der Waals surface area contributed by atoms with Crippen LogP contribution in [-0.4, -0.2) is 13.2 Å². The van der Waals surface area contributed by atoms with E-state index in [0.717, 1.165) is 25.3 Å². The van der Waals surface area contributed by atoms with Crippen molar-refractivity contribution in [2.75, 3.05) is 13.2 Å². The maximum atomic E-state index is 5.66. The molecule has 0 amide bonds. The summed E-state index contributed by atoms with van der Waals surface area (Å²) in [6, 6.07) is 4.44. The van der Waals surface area contributed by atoms with E-state index < -0.39 is 0 Å². The van der Waals surface area contributed by atoms with Gasteiger partial charge in [0.25, 0.3) is 0 Å². The molecule has 0 saturated carbocycles. The number of benzene rings is 1. The highest BCUT2D eigenvalue weighted by atomic mass is 16.5. The number of hydrogen-bond donors (Lipinski definition) is 1. The van der Waals surface area contributed by atoms with E-state index in [2.05, 4.69) is 39.8 Å². The summed E-state index contributed by atoms with van der Waals surface area (Å²) in [6.45, 7) is 12.4. The molecule has 0 fully saturated rings. The molecule has 1 aromatic carbocycles. The zero-order chi connectivity index (χ0) is 13.7. The van der Waals surface area contributed by atoms with Crippen LogP contribution in [-0.2, 0) is 0 Å². The molecule has 0 radical (unpaired) electrons. The minimum atomic E-state index is 0.544. The van der Waals surface area contributed by atoms with Crippen LogP contribution in [0.5, 0.6) is 5.75 Å². The molecule has 2 nitrogen and oxygen atoms in total. The Labute approximate surface area is 112 Å². The molecular formula is C16H27NO. The van der Waals surface area contributed by atoms with Gasteiger partial charge in [-0.05, 0) is 68.3 Å². The predicted octanol–water partition coefficient (Wildman–Crippen LogP) is 3.79. The van der Waals surface area contributed by atoms with Crippen LogP contribution in [0, 0.1) is 19.8 Å². The first-order valence-corrected chi connectivity index (χ1v) is 6.95. The summed E-state index contributed by atoms with van der Waals surface area (Å²) in [7, 11) is 0. The van der Waals surface area contributed by atoms with Crippen molar-refractivity contribution in [3.63, 3.8) is 0 Å². The Bertz CT molecular complexity index is 387. The number of nitrogens with two attached hydrogens (primary N) is 1. The second-order valence-electron chi connectivity index (χ2n) is 5.25. The van der Waals surface area contributed by atoms with Gasteiger partial charge in [-0.1, -0.05) is 19.9 Å². The lowest BCUT2D eigenvalue weighted by molar-refractivity contribution is 0.337. The average Bonchev–Trinajstić information content (AvgIpc) is 2.33. The summed E-state index contributed by atoms with van der Waals surface area (Å²) in [6.07, 6.45) is 1.08. The van der Waals surface area contributed by atoms with Crippen molar-refractivity contribution in [1.82, 2.24) is 0 Å². The van der Waals surface area contributed by atoms with Crippen LogP contribution in [0.1, 0.15) is 49.8 Å². The van der Waals surface area contributed by atoms with Crippen molar-refractivity contribution < 1.29 is 4.74 Å². The first-order chi connectivity index (χ1) is 8.51. The molecule has 0 saturated heterocycles. The Hall–Kier alpha value is -1.02. The lowest BCUT2D eigenvalue weighted by atomic mass is 9.84. The lowest BCUT2D eigenvalue weighted by Crippen LogP contribution is -2.13. The molecule has 2 atom stereocenters. The SMILES string of the molecule is CCOc1cc(C)c(C(C)C(C)CCN)cc1C. The molecule has 0 aromatic heterocycles. The van der Waals surface area contributed by atoms with Crippen LogP contribution in [0.25, 0.3) is 0 Å². The summed E-state index contributed by atoms with van der Waals surface area (Å²) in [4.78, 5) is 0. The number of rotatable bonds is 6. The van der Waals surface area contributed by atoms with Crippen molar-refractivity contribution in [3.8, 4) is 5.75 Å². The molecule has 18 heavy (non-hydrogen) atoms. The summed E-state index contributed by atoms with van der Waals surface area (Å²) in [5, 5.41) is 0. The van der Waals surface area contributed by atoms with Crippen LogP contribution in [0.4, 0.5) is 0 Å². The Morgan fingerprint density at radius 1 is 1.17 bits per heavy atom. The summed E-state index contributed by atoms with van der Waals surface area (Å²) in [5.41, 5.74) is 9.63. The van der Waals surface area contributed by atoms with E-state index in [1.54, 1.807) is 0 Å². The van der Waals surface area contributed by atoms with Gasteiger partial charge in [0, 0.05) is 0 Å². The molecule has 102 valence electrons. The van der Waals surface area contributed by atoms with E-state index in [1.165, 1.54) is 16.7 Å². The van der Waals surface area contributed by atoms with Crippen molar-refractivity contribution in [3.05, 3.63) is 28.8 Å². The van der Waals surface area contributed by atoms with Gasteiger partial charge in [0.2, 0.25) is 0 Å². The molecule has 0 aliphatic rings. The molecule has 1 aromatic rings. The molecule has 2 unspecified atom stereocenters. The van der Waals surface area contributed by atoms with Gasteiger partial charge in [-0.2, -0.15) is 0 Å². The highest BCUT2D eigenvalue weighted by Gasteiger charge is 2.17. The van der Waals surface area contributed by atoms with Gasteiger partial charge < -0.3 is 10.5 Å². The Morgan fingerprint density at radius 3 is 2.39 bits per heavy atom. The van der Waals surface area contributed by atoms with E-state index in [-0.39, 0.29) is 0 Å². The molecule has 0 bridgehead atoms. The monoisotopic (exact) mass is 249 g/mol. The molecule has 0 heterocycles. The van der Waals surface area contributed by atoms with Crippen molar-refractivity contribution in [2.24, 2.45) is 11.7 Å². The highest BCUT2D eigenvalue weighted by Crippen LogP contribution is 2.32. The third-order valence-electron chi connectivity index (χ3n) is 3.83. The van der Waals surface area contributed by atoms with Crippen LogP contribution in [0.3, 0.4) is 0 Å². The Morgan fingerprint density at radius 2 is 1.83 bits per heavy atom. The lowest BCUT2D eigenvalue weighted by Gasteiger charge is -2.23. The minimum absolute atomic E-state index is 0.544. The minimum Gasteiger partial charge on any atom is -0.494 e. The quantitative estimate of drug-likeness (QED) is 0.832. The van der Waals surface area contributed by atoms with Crippen molar-refractivity contribution in [2.45, 2.75) is 47.0 Å². The number of aryl methyl sites for hydroxylation is 2. The normalized spacial score (nSPS) is 14.3. The van der Waals surface area contributed by atoms with Gasteiger partial charge in [0.15, 0.2) is 0 Å². The fourth-order valence-corrected chi connectivity index (χ4v) is 2.43. The van der Waals surface area contributed by atoms with Crippen LogP contribution in [0.15, 0.2) is 12.1 Å². The molecule has 0 aliphatic heterocycles. The van der Waals surface area contributed by atoms with Gasteiger partial charge in [0.05, 0.1) is 6.61 Å². The van der Waals surface area contributed by atoms with Gasteiger partial charge in [0.1, 0.15) is 5.75 Å².